The fourth-order valence-corrected chi connectivity index (χ4v) is 7.00. The van der Waals surface area contributed by atoms with Gasteiger partial charge in [-0.2, -0.15) is 4.31 Å². The average Bonchev–Trinajstić information content (AvgIpc) is 2.97. The Morgan fingerprint density at radius 3 is 2.54 bits per heavy atom. The van der Waals surface area contributed by atoms with Crippen molar-refractivity contribution in [3.05, 3.63) is 63.6 Å². The molecule has 2 amide bonds. The van der Waals surface area contributed by atoms with Gasteiger partial charge in [-0.05, 0) is 87.8 Å². The number of carbonyl (C=O) groups is 2. The molecule has 1 aliphatic rings. The quantitative estimate of drug-likeness (QED) is 0.261. The van der Waals surface area contributed by atoms with Crippen molar-refractivity contribution in [2.24, 2.45) is 11.7 Å². The highest BCUT2D eigenvalue weighted by molar-refractivity contribution is 7.89. The first-order valence-corrected chi connectivity index (χ1v) is 16.3. The molecule has 2 aromatic rings. The van der Waals surface area contributed by atoms with Crippen LogP contribution in [0.3, 0.4) is 0 Å². The molecule has 0 bridgehead atoms. The monoisotopic (exact) mass is 625 g/mol. The van der Waals surface area contributed by atoms with Crippen LogP contribution in [0.4, 0.5) is 0 Å². The van der Waals surface area contributed by atoms with Crippen LogP contribution in [-0.4, -0.2) is 81.8 Å². The van der Waals surface area contributed by atoms with Gasteiger partial charge < -0.3 is 21.3 Å². The largest absolute Gasteiger partial charge is 0.346 e. The normalized spacial score (nSPS) is 15.6. The zero-order valence-corrected chi connectivity index (χ0v) is 25.9. The Labute approximate surface area is 253 Å². The molecule has 0 radical (unpaired) electrons. The topological polar surface area (TPSA) is 125 Å². The van der Waals surface area contributed by atoms with Crippen LogP contribution in [0.25, 0.3) is 0 Å². The lowest BCUT2D eigenvalue weighted by Crippen LogP contribution is -2.47. The SMILES string of the molecule is Cc1c(Cl)ccc(S(=O)(=O)N(CCc2ccccc2)CC(=O)NCC(=O)N(CCCCN)CC2CCCNC2)c1Cl. The summed E-state index contributed by atoms with van der Waals surface area (Å²) in [7, 11) is -4.16. The fourth-order valence-electron chi connectivity index (χ4n) is 4.82. The molecular formula is C29H41Cl2N5O4S. The number of nitrogens with zero attached hydrogens (tertiary/aromatic N) is 2. The predicted octanol–water partition coefficient (Wildman–Crippen LogP) is 3.22. The van der Waals surface area contributed by atoms with Gasteiger partial charge in [-0.25, -0.2) is 8.42 Å². The van der Waals surface area contributed by atoms with E-state index >= 15 is 0 Å². The van der Waals surface area contributed by atoms with Gasteiger partial charge in [0.2, 0.25) is 21.8 Å². The van der Waals surface area contributed by atoms with Crippen LogP contribution in [0.1, 0.15) is 36.8 Å². The van der Waals surface area contributed by atoms with Gasteiger partial charge in [-0.3, -0.25) is 9.59 Å². The van der Waals surface area contributed by atoms with Crippen molar-refractivity contribution in [1.82, 2.24) is 19.8 Å². The summed E-state index contributed by atoms with van der Waals surface area (Å²) >= 11 is 12.5. The lowest BCUT2D eigenvalue weighted by Gasteiger charge is -2.30. The second-order valence-corrected chi connectivity index (χ2v) is 13.1. The fraction of sp³-hybridized carbons (Fsp3) is 0.517. The Bertz CT molecular complexity index is 1260. The maximum Gasteiger partial charge on any atom is 0.245 e. The van der Waals surface area contributed by atoms with Crippen molar-refractivity contribution in [3.63, 3.8) is 0 Å². The van der Waals surface area contributed by atoms with Crippen molar-refractivity contribution in [3.8, 4) is 0 Å². The third kappa shape index (κ3) is 9.94. The third-order valence-electron chi connectivity index (χ3n) is 7.26. The van der Waals surface area contributed by atoms with Crippen LogP contribution in [0, 0.1) is 12.8 Å². The lowest BCUT2D eigenvalue weighted by molar-refractivity contribution is -0.133. The summed E-state index contributed by atoms with van der Waals surface area (Å²) in [5.74, 6) is -0.415. The van der Waals surface area contributed by atoms with E-state index < -0.39 is 22.5 Å². The van der Waals surface area contributed by atoms with Gasteiger partial charge in [-0.15, -0.1) is 0 Å². The minimum Gasteiger partial charge on any atom is -0.346 e. The summed E-state index contributed by atoms with van der Waals surface area (Å²) < 4.78 is 28.5. The molecule has 0 saturated carbocycles. The number of benzene rings is 2. The summed E-state index contributed by atoms with van der Waals surface area (Å²) in [5, 5.41) is 6.39. The number of halogens is 2. The number of hydrogen-bond acceptors (Lipinski definition) is 6. The number of hydrogen-bond donors (Lipinski definition) is 3. The number of carbonyl (C=O) groups excluding carboxylic acids is 2. The highest BCUT2D eigenvalue weighted by atomic mass is 35.5. The van der Waals surface area contributed by atoms with Crippen LogP contribution < -0.4 is 16.4 Å². The Kier molecular flexibility index (Phi) is 13.3. The number of nitrogens with one attached hydrogen (secondary N) is 2. The molecule has 0 aliphatic carbocycles. The molecule has 1 aliphatic heterocycles. The van der Waals surface area contributed by atoms with Crippen molar-refractivity contribution < 1.29 is 18.0 Å². The second-order valence-electron chi connectivity index (χ2n) is 10.4. The lowest BCUT2D eigenvalue weighted by atomic mass is 9.99. The number of amides is 2. The van der Waals surface area contributed by atoms with Gasteiger partial charge in [0.25, 0.3) is 0 Å². The zero-order chi connectivity index (χ0) is 29.8. The standard InChI is InChI=1S/C29H41Cl2N5O4S/c1-22-25(30)11-12-26(29(22)31)41(39,40)36(17-13-23-8-3-2-4-9-23)21-27(37)34-19-28(38)35(16-6-5-14-32)20-24-10-7-15-33-18-24/h2-4,8-9,11-12,24,33H,5-7,10,13-21,32H2,1H3,(H,34,37). The summed E-state index contributed by atoms with van der Waals surface area (Å²) in [5.41, 5.74) is 7.01. The van der Waals surface area contributed by atoms with Crippen LogP contribution in [0.15, 0.2) is 47.4 Å². The van der Waals surface area contributed by atoms with Crippen molar-refractivity contribution in [1.29, 1.82) is 0 Å². The highest BCUT2D eigenvalue weighted by Crippen LogP contribution is 2.32. The molecular weight excluding hydrogens is 585 g/mol. The molecule has 1 atom stereocenters. The number of sulfonamides is 1. The van der Waals surface area contributed by atoms with E-state index in [2.05, 4.69) is 10.6 Å². The van der Waals surface area contributed by atoms with Crippen LogP contribution in [-0.2, 0) is 26.0 Å². The van der Waals surface area contributed by atoms with Crippen molar-refractivity contribution in [2.75, 3.05) is 52.4 Å². The van der Waals surface area contributed by atoms with Gasteiger partial charge in [0.05, 0.1) is 18.1 Å². The zero-order valence-electron chi connectivity index (χ0n) is 23.6. The molecule has 41 heavy (non-hydrogen) atoms. The maximum atomic E-state index is 13.7. The maximum absolute atomic E-state index is 13.7. The number of piperidine rings is 1. The molecule has 1 fully saturated rings. The molecule has 0 spiro atoms. The van der Waals surface area contributed by atoms with Gasteiger partial charge in [0, 0.05) is 24.7 Å². The van der Waals surface area contributed by atoms with E-state index in [1.807, 2.05) is 30.3 Å². The molecule has 4 N–H and O–H groups in total. The summed E-state index contributed by atoms with van der Waals surface area (Å²) in [6, 6.07) is 12.2. The molecule has 1 unspecified atom stereocenters. The average molecular weight is 627 g/mol. The van der Waals surface area contributed by atoms with Crippen LogP contribution in [0.2, 0.25) is 10.0 Å². The Morgan fingerprint density at radius 1 is 1.10 bits per heavy atom. The second kappa shape index (κ2) is 16.4. The van der Waals surface area contributed by atoms with E-state index in [-0.39, 0.29) is 28.9 Å². The number of unbranched alkanes of at least 4 members (excludes halogenated alkanes) is 1. The first kappa shape index (κ1) is 33.3. The Balaban J connectivity index is 1.71. The van der Waals surface area contributed by atoms with E-state index in [9.17, 15) is 18.0 Å². The summed E-state index contributed by atoms with van der Waals surface area (Å²) in [6.07, 6.45) is 4.08. The first-order chi connectivity index (χ1) is 19.6. The van der Waals surface area contributed by atoms with E-state index in [1.165, 1.54) is 12.1 Å². The van der Waals surface area contributed by atoms with Gasteiger partial charge in [0.15, 0.2) is 0 Å². The highest BCUT2D eigenvalue weighted by Gasteiger charge is 2.30. The molecule has 1 saturated heterocycles. The molecule has 0 aromatic heterocycles. The summed E-state index contributed by atoms with van der Waals surface area (Å²) in [6.45, 7) is 4.58. The molecule has 12 heteroatoms. The molecule has 226 valence electrons. The summed E-state index contributed by atoms with van der Waals surface area (Å²) in [4.78, 5) is 27.9. The van der Waals surface area contributed by atoms with E-state index in [4.69, 9.17) is 28.9 Å². The molecule has 1 heterocycles. The van der Waals surface area contributed by atoms with Crippen LogP contribution >= 0.6 is 23.2 Å². The number of nitrogens with two attached hydrogens (primary N) is 1. The molecule has 2 aromatic carbocycles. The van der Waals surface area contributed by atoms with Crippen molar-refractivity contribution >= 4 is 45.0 Å². The minimum atomic E-state index is -4.16. The van der Waals surface area contributed by atoms with Crippen molar-refractivity contribution in [2.45, 2.75) is 43.9 Å². The van der Waals surface area contributed by atoms with Gasteiger partial charge in [-0.1, -0.05) is 53.5 Å². The minimum absolute atomic E-state index is 0.0168. The van der Waals surface area contributed by atoms with E-state index in [0.29, 0.717) is 42.6 Å². The van der Waals surface area contributed by atoms with Gasteiger partial charge in [0.1, 0.15) is 4.90 Å². The Hall–Kier alpha value is -2.21. The van der Waals surface area contributed by atoms with Gasteiger partial charge >= 0.3 is 0 Å². The predicted molar refractivity (Wildman–Crippen MR) is 164 cm³/mol. The smallest absolute Gasteiger partial charge is 0.245 e. The first-order valence-electron chi connectivity index (χ1n) is 14.1. The Morgan fingerprint density at radius 2 is 1.85 bits per heavy atom. The molecule has 9 nitrogen and oxygen atoms in total. The van der Waals surface area contributed by atoms with E-state index in [1.54, 1.807) is 11.8 Å². The molecule has 3 rings (SSSR count). The van der Waals surface area contributed by atoms with E-state index in [0.717, 1.165) is 48.6 Å². The number of rotatable bonds is 15. The van der Waals surface area contributed by atoms with Crippen LogP contribution in [0.5, 0.6) is 0 Å². The third-order valence-corrected chi connectivity index (χ3v) is 10.2.